The molecule has 0 fully saturated rings. The fourth-order valence-electron chi connectivity index (χ4n) is 2.02. The lowest BCUT2D eigenvalue weighted by Crippen LogP contribution is -2.14. The molecule has 0 aliphatic heterocycles. The second kappa shape index (κ2) is 7.64. The van der Waals surface area contributed by atoms with Crippen LogP contribution in [0.3, 0.4) is 0 Å². The predicted molar refractivity (Wildman–Crippen MR) is 89.9 cm³/mol. The van der Waals surface area contributed by atoms with Gasteiger partial charge in [-0.15, -0.1) is 0 Å². The first-order chi connectivity index (χ1) is 11.2. The van der Waals surface area contributed by atoms with E-state index in [1.165, 1.54) is 0 Å². The maximum atomic E-state index is 12.7. The molecular formula is C16H11Cl3F3NO. The number of rotatable bonds is 4. The van der Waals surface area contributed by atoms with Crippen molar-refractivity contribution in [2.24, 2.45) is 0 Å². The summed E-state index contributed by atoms with van der Waals surface area (Å²) in [4.78, 5) is 12.0. The molecule has 0 atom stereocenters. The number of amides is 1. The fourth-order valence-corrected chi connectivity index (χ4v) is 2.77. The van der Waals surface area contributed by atoms with E-state index in [-0.39, 0.29) is 23.6 Å². The molecule has 0 saturated carbocycles. The molecule has 2 aromatic rings. The Hall–Kier alpha value is -1.43. The standard InChI is InChI=1S/C16H11Cl3F3NO/c17-11-2-1-3-12(18)10(11)5-7-15(24)23-14-8-9(16(20,21)22)4-6-13(14)19/h1-4,6,8H,5,7H2,(H,23,24). The highest BCUT2D eigenvalue weighted by Gasteiger charge is 2.31. The minimum Gasteiger partial charge on any atom is -0.325 e. The first kappa shape index (κ1) is 18.9. The summed E-state index contributed by atoms with van der Waals surface area (Å²) in [7, 11) is 0. The van der Waals surface area contributed by atoms with Crippen molar-refractivity contribution in [3.05, 3.63) is 62.6 Å². The van der Waals surface area contributed by atoms with Gasteiger partial charge in [-0.25, -0.2) is 0 Å². The summed E-state index contributed by atoms with van der Waals surface area (Å²) in [6.45, 7) is 0. The number of benzene rings is 2. The Labute approximate surface area is 151 Å². The van der Waals surface area contributed by atoms with Crippen LogP contribution in [-0.4, -0.2) is 5.91 Å². The summed E-state index contributed by atoms with van der Waals surface area (Å²) in [5, 5.41) is 3.24. The molecule has 0 saturated heterocycles. The summed E-state index contributed by atoms with van der Waals surface area (Å²) >= 11 is 17.8. The highest BCUT2D eigenvalue weighted by Crippen LogP contribution is 2.34. The Morgan fingerprint density at radius 1 is 1.00 bits per heavy atom. The summed E-state index contributed by atoms with van der Waals surface area (Å²) in [6, 6.07) is 7.69. The maximum Gasteiger partial charge on any atom is 0.416 e. The van der Waals surface area contributed by atoms with Gasteiger partial charge >= 0.3 is 6.18 Å². The normalized spacial score (nSPS) is 11.4. The number of hydrogen-bond donors (Lipinski definition) is 1. The van der Waals surface area contributed by atoms with Crippen LogP contribution >= 0.6 is 34.8 Å². The van der Waals surface area contributed by atoms with Gasteiger partial charge in [0.1, 0.15) is 0 Å². The SMILES string of the molecule is O=C(CCc1c(Cl)cccc1Cl)Nc1cc(C(F)(F)F)ccc1Cl. The number of nitrogens with one attached hydrogen (secondary N) is 1. The molecule has 2 nitrogen and oxygen atoms in total. The molecule has 1 amide bonds. The molecule has 2 rings (SSSR count). The van der Waals surface area contributed by atoms with Gasteiger partial charge in [0, 0.05) is 16.5 Å². The number of alkyl halides is 3. The minimum atomic E-state index is -4.52. The zero-order valence-electron chi connectivity index (χ0n) is 12.1. The van der Waals surface area contributed by atoms with Gasteiger partial charge in [0.15, 0.2) is 0 Å². The number of carbonyl (C=O) groups excluding carboxylic acids is 1. The second-order valence-corrected chi connectivity index (χ2v) is 6.16. The van der Waals surface area contributed by atoms with E-state index in [0.717, 1.165) is 18.2 Å². The minimum absolute atomic E-state index is 0.00394. The van der Waals surface area contributed by atoms with Gasteiger partial charge in [0.25, 0.3) is 0 Å². The van der Waals surface area contributed by atoms with Crippen LogP contribution in [0, 0.1) is 0 Å². The highest BCUT2D eigenvalue weighted by molar-refractivity contribution is 6.36. The lowest BCUT2D eigenvalue weighted by molar-refractivity contribution is -0.137. The van der Waals surface area contributed by atoms with E-state index in [9.17, 15) is 18.0 Å². The first-order valence-corrected chi connectivity index (χ1v) is 7.91. The summed E-state index contributed by atoms with van der Waals surface area (Å²) in [6.07, 6.45) is -4.27. The van der Waals surface area contributed by atoms with E-state index in [0.29, 0.717) is 15.6 Å². The van der Waals surface area contributed by atoms with Crippen molar-refractivity contribution in [2.45, 2.75) is 19.0 Å². The Morgan fingerprint density at radius 3 is 2.21 bits per heavy atom. The molecular weight excluding hydrogens is 386 g/mol. The van der Waals surface area contributed by atoms with Crippen LogP contribution in [0.1, 0.15) is 17.5 Å². The van der Waals surface area contributed by atoms with E-state index >= 15 is 0 Å². The lowest BCUT2D eigenvalue weighted by Gasteiger charge is -2.12. The van der Waals surface area contributed by atoms with Gasteiger partial charge in [-0.05, 0) is 42.3 Å². The summed E-state index contributed by atoms with van der Waals surface area (Å²) in [5.74, 6) is -0.493. The maximum absolute atomic E-state index is 12.7. The van der Waals surface area contributed by atoms with Crippen molar-refractivity contribution >= 4 is 46.4 Å². The van der Waals surface area contributed by atoms with Crippen LogP contribution in [0.15, 0.2) is 36.4 Å². The van der Waals surface area contributed by atoms with Crippen molar-refractivity contribution < 1.29 is 18.0 Å². The molecule has 0 spiro atoms. The van der Waals surface area contributed by atoms with E-state index in [4.69, 9.17) is 34.8 Å². The van der Waals surface area contributed by atoms with E-state index in [1.54, 1.807) is 18.2 Å². The summed E-state index contributed by atoms with van der Waals surface area (Å²) < 4.78 is 38.1. The topological polar surface area (TPSA) is 29.1 Å². The van der Waals surface area contributed by atoms with Gasteiger partial charge in [0.05, 0.1) is 16.3 Å². The average Bonchev–Trinajstić information content (AvgIpc) is 2.48. The molecule has 1 N–H and O–H groups in total. The van der Waals surface area contributed by atoms with Gasteiger partial charge in [-0.1, -0.05) is 40.9 Å². The van der Waals surface area contributed by atoms with Crippen molar-refractivity contribution in [1.82, 2.24) is 0 Å². The van der Waals surface area contributed by atoms with Gasteiger partial charge in [-0.2, -0.15) is 13.2 Å². The Bertz CT molecular complexity index is 742. The third kappa shape index (κ3) is 4.79. The molecule has 0 aromatic heterocycles. The van der Waals surface area contributed by atoms with Gasteiger partial charge in [-0.3, -0.25) is 4.79 Å². The third-order valence-electron chi connectivity index (χ3n) is 3.23. The monoisotopic (exact) mass is 395 g/mol. The zero-order chi connectivity index (χ0) is 17.9. The molecule has 0 radical (unpaired) electrons. The quantitative estimate of drug-likeness (QED) is 0.651. The first-order valence-electron chi connectivity index (χ1n) is 6.78. The molecule has 24 heavy (non-hydrogen) atoms. The smallest absolute Gasteiger partial charge is 0.325 e. The molecule has 128 valence electrons. The average molecular weight is 397 g/mol. The second-order valence-electron chi connectivity index (χ2n) is 4.94. The van der Waals surface area contributed by atoms with Crippen molar-refractivity contribution in [2.75, 3.05) is 5.32 Å². The van der Waals surface area contributed by atoms with E-state index in [2.05, 4.69) is 5.32 Å². The van der Waals surface area contributed by atoms with Crippen LogP contribution < -0.4 is 5.32 Å². The highest BCUT2D eigenvalue weighted by atomic mass is 35.5. The van der Waals surface area contributed by atoms with Crippen LogP contribution in [-0.2, 0) is 17.4 Å². The van der Waals surface area contributed by atoms with Crippen LogP contribution in [0.5, 0.6) is 0 Å². The third-order valence-corrected chi connectivity index (χ3v) is 4.27. The summed E-state index contributed by atoms with van der Waals surface area (Å²) in [5.41, 5.74) is -0.385. The molecule has 0 unspecified atom stereocenters. The van der Waals surface area contributed by atoms with Crippen LogP contribution in [0.4, 0.5) is 18.9 Å². The largest absolute Gasteiger partial charge is 0.416 e. The molecule has 0 heterocycles. The number of halogens is 6. The Balaban J connectivity index is 2.08. The van der Waals surface area contributed by atoms with Crippen LogP contribution in [0.25, 0.3) is 0 Å². The van der Waals surface area contributed by atoms with Crippen molar-refractivity contribution in [3.63, 3.8) is 0 Å². The molecule has 0 aliphatic rings. The number of carbonyl (C=O) groups is 1. The van der Waals surface area contributed by atoms with Crippen LogP contribution in [0.2, 0.25) is 15.1 Å². The van der Waals surface area contributed by atoms with E-state index < -0.39 is 17.6 Å². The number of anilines is 1. The number of hydrogen-bond acceptors (Lipinski definition) is 1. The lowest BCUT2D eigenvalue weighted by atomic mass is 10.1. The molecule has 0 bridgehead atoms. The van der Waals surface area contributed by atoms with Crippen molar-refractivity contribution in [3.8, 4) is 0 Å². The van der Waals surface area contributed by atoms with Gasteiger partial charge < -0.3 is 5.32 Å². The fraction of sp³-hybridized carbons (Fsp3) is 0.188. The molecule has 2 aromatic carbocycles. The van der Waals surface area contributed by atoms with E-state index in [1.807, 2.05) is 0 Å². The molecule has 8 heteroatoms. The Kier molecular flexibility index (Phi) is 6.01. The predicted octanol–water partition coefficient (Wildman–Crippen LogP) is 6.24. The zero-order valence-corrected chi connectivity index (χ0v) is 14.3. The van der Waals surface area contributed by atoms with Crippen molar-refractivity contribution in [1.29, 1.82) is 0 Å². The van der Waals surface area contributed by atoms with Gasteiger partial charge in [0.2, 0.25) is 5.91 Å². The Morgan fingerprint density at radius 2 is 1.62 bits per heavy atom. The molecule has 0 aliphatic carbocycles.